The van der Waals surface area contributed by atoms with Crippen molar-refractivity contribution in [3.8, 4) is 56.4 Å². The summed E-state index contributed by atoms with van der Waals surface area (Å²) in [6.07, 6.45) is 0. The van der Waals surface area contributed by atoms with E-state index >= 15 is 0 Å². The van der Waals surface area contributed by atoms with Crippen molar-refractivity contribution < 1.29 is 8.83 Å². The molecule has 11 aromatic carbocycles. The van der Waals surface area contributed by atoms with Crippen LogP contribution in [0.2, 0.25) is 0 Å². The van der Waals surface area contributed by atoms with Gasteiger partial charge in [-0.1, -0.05) is 146 Å². The number of nitrogens with zero attached hydrogens (tertiary/aromatic N) is 3. The summed E-state index contributed by atoms with van der Waals surface area (Å²) >= 11 is 0. The van der Waals surface area contributed by atoms with Crippen molar-refractivity contribution in [3.63, 3.8) is 0 Å². The highest BCUT2D eigenvalue weighted by molar-refractivity contribution is 6.16. The van der Waals surface area contributed by atoms with Crippen LogP contribution in [0.15, 0.2) is 221 Å². The highest BCUT2D eigenvalue weighted by atomic mass is 16.3. The molecule has 0 saturated carbocycles. The van der Waals surface area contributed by atoms with Gasteiger partial charge in [-0.2, -0.15) is 0 Å². The fraction of sp³-hybridized carbons (Fsp3) is 0. The van der Waals surface area contributed by atoms with Crippen LogP contribution >= 0.6 is 0 Å². The third-order valence-corrected chi connectivity index (χ3v) is 13.2. The topological polar surface area (TPSA) is 65.0 Å². The minimum atomic E-state index is 0.583. The number of aromatic nitrogens is 3. The van der Waals surface area contributed by atoms with Gasteiger partial charge in [-0.15, -0.1) is 0 Å². The van der Waals surface area contributed by atoms with Gasteiger partial charge in [0.25, 0.3) is 0 Å². The van der Waals surface area contributed by atoms with Crippen molar-refractivity contribution in [3.05, 3.63) is 212 Å². The van der Waals surface area contributed by atoms with Crippen molar-refractivity contribution in [2.45, 2.75) is 0 Å². The zero-order valence-corrected chi connectivity index (χ0v) is 35.4. The molecule has 306 valence electrons. The van der Waals surface area contributed by atoms with E-state index in [9.17, 15) is 0 Å². The molecule has 5 heteroatoms. The average Bonchev–Trinajstić information content (AvgIpc) is 3.95. The fourth-order valence-electron chi connectivity index (χ4n) is 10.1. The predicted molar refractivity (Wildman–Crippen MR) is 272 cm³/mol. The van der Waals surface area contributed by atoms with Crippen LogP contribution in [-0.4, -0.2) is 15.0 Å². The Morgan fingerprint density at radius 3 is 1.50 bits per heavy atom. The van der Waals surface area contributed by atoms with E-state index in [1.807, 2.05) is 30.3 Å². The van der Waals surface area contributed by atoms with E-state index in [0.717, 1.165) is 115 Å². The highest BCUT2D eigenvalue weighted by Gasteiger charge is 2.20. The smallest absolute Gasteiger partial charge is 0.164 e. The van der Waals surface area contributed by atoms with E-state index in [4.69, 9.17) is 23.8 Å². The molecule has 0 atom stereocenters. The van der Waals surface area contributed by atoms with Gasteiger partial charge in [-0.3, -0.25) is 0 Å². The molecule has 14 aromatic rings. The number of fused-ring (bicyclic) bond motifs is 10. The molecule has 0 N–H and O–H groups in total. The summed E-state index contributed by atoms with van der Waals surface area (Å²) in [7, 11) is 0. The molecule has 0 spiro atoms. The Morgan fingerprint density at radius 1 is 0.242 bits per heavy atom. The fourth-order valence-corrected chi connectivity index (χ4v) is 10.1. The number of para-hydroxylation sites is 2. The quantitative estimate of drug-likeness (QED) is 0.173. The first-order chi connectivity index (χ1) is 32.6. The van der Waals surface area contributed by atoms with Crippen molar-refractivity contribution in [2.75, 3.05) is 0 Å². The van der Waals surface area contributed by atoms with Crippen molar-refractivity contribution in [2.24, 2.45) is 0 Å². The maximum atomic E-state index is 6.39. The van der Waals surface area contributed by atoms with Crippen LogP contribution < -0.4 is 0 Å². The molecule has 0 aliphatic heterocycles. The largest absolute Gasteiger partial charge is 0.456 e. The molecular weight excluding hydrogens is 807 g/mol. The maximum Gasteiger partial charge on any atom is 0.164 e. The van der Waals surface area contributed by atoms with Gasteiger partial charge >= 0.3 is 0 Å². The monoisotopic (exact) mass is 841 g/mol. The highest BCUT2D eigenvalue weighted by Crippen LogP contribution is 2.42. The van der Waals surface area contributed by atoms with Crippen molar-refractivity contribution in [1.82, 2.24) is 15.0 Å². The van der Waals surface area contributed by atoms with Crippen molar-refractivity contribution >= 4 is 87.0 Å². The van der Waals surface area contributed by atoms with E-state index in [-0.39, 0.29) is 0 Å². The molecule has 3 aromatic heterocycles. The third kappa shape index (κ3) is 5.84. The van der Waals surface area contributed by atoms with Gasteiger partial charge in [0.15, 0.2) is 17.5 Å². The molecule has 0 aliphatic carbocycles. The molecule has 0 unspecified atom stereocenters. The number of hydrogen-bond donors (Lipinski definition) is 0. The minimum Gasteiger partial charge on any atom is -0.456 e. The standard InChI is InChI=1S/C61H35N3O2/c1-2-13-37-28-41(26-24-36(37)12-1)51-33-44(29-39-14-3-5-16-46(39)51)60-62-59(42-27-25-38-32-53-48-18-7-9-21-54(48)66-57(53)35-43(38)31-42)63-61(64-60)45-30-40-15-4-6-17-47(40)52(34-45)49-20-11-23-56-58(49)50-19-8-10-22-55(50)65-56/h1-35H. The summed E-state index contributed by atoms with van der Waals surface area (Å²) in [5.74, 6) is 1.76. The number of hydrogen-bond acceptors (Lipinski definition) is 5. The Morgan fingerprint density at radius 2 is 0.742 bits per heavy atom. The molecule has 0 bridgehead atoms. The van der Waals surface area contributed by atoms with Crippen LogP contribution in [0.5, 0.6) is 0 Å². The van der Waals surface area contributed by atoms with E-state index in [1.165, 1.54) is 10.8 Å². The van der Waals surface area contributed by atoms with Gasteiger partial charge in [0, 0.05) is 38.2 Å². The van der Waals surface area contributed by atoms with Gasteiger partial charge < -0.3 is 8.83 Å². The number of benzene rings is 11. The third-order valence-electron chi connectivity index (χ3n) is 13.2. The Bertz CT molecular complexity index is 4310. The average molecular weight is 842 g/mol. The van der Waals surface area contributed by atoms with Crippen LogP contribution in [0.1, 0.15) is 0 Å². The molecule has 0 radical (unpaired) electrons. The Kier molecular flexibility index (Phi) is 7.91. The lowest BCUT2D eigenvalue weighted by Crippen LogP contribution is -2.01. The van der Waals surface area contributed by atoms with Crippen LogP contribution in [0, 0.1) is 0 Å². The first-order valence-corrected chi connectivity index (χ1v) is 22.2. The van der Waals surface area contributed by atoms with Crippen LogP contribution in [-0.2, 0) is 0 Å². The van der Waals surface area contributed by atoms with Gasteiger partial charge in [0.05, 0.1) is 0 Å². The maximum absolute atomic E-state index is 6.39. The number of rotatable bonds is 5. The molecule has 5 nitrogen and oxygen atoms in total. The molecule has 0 aliphatic rings. The van der Waals surface area contributed by atoms with Gasteiger partial charge in [0.1, 0.15) is 22.3 Å². The molecular formula is C61H35N3O2. The van der Waals surface area contributed by atoms with Crippen LogP contribution in [0.4, 0.5) is 0 Å². The van der Waals surface area contributed by atoms with Gasteiger partial charge in [0.2, 0.25) is 0 Å². The molecule has 0 saturated heterocycles. The lowest BCUT2D eigenvalue weighted by atomic mass is 9.92. The molecule has 0 fully saturated rings. The summed E-state index contributed by atoms with van der Waals surface area (Å²) in [6.45, 7) is 0. The first kappa shape index (κ1) is 36.5. The molecule has 14 rings (SSSR count). The zero-order valence-electron chi connectivity index (χ0n) is 35.4. The Labute approximate surface area is 377 Å². The summed E-state index contributed by atoms with van der Waals surface area (Å²) in [5.41, 5.74) is 10.5. The summed E-state index contributed by atoms with van der Waals surface area (Å²) in [5, 5.41) is 13.4. The minimum absolute atomic E-state index is 0.583. The Hall–Kier alpha value is -8.93. The van der Waals surface area contributed by atoms with E-state index in [0.29, 0.717) is 17.5 Å². The first-order valence-electron chi connectivity index (χ1n) is 22.2. The second kappa shape index (κ2) is 14.3. The Balaban J connectivity index is 1.01. The van der Waals surface area contributed by atoms with Gasteiger partial charge in [-0.05, 0) is 132 Å². The van der Waals surface area contributed by atoms with Crippen molar-refractivity contribution in [1.29, 1.82) is 0 Å². The van der Waals surface area contributed by atoms with E-state index in [2.05, 4.69) is 182 Å². The van der Waals surface area contributed by atoms with E-state index < -0.39 is 0 Å². The number of furan rings is 2. The lowest BCUT2D eigenvalue weighted by Gasteiger charge is -2.14. The van der Waals surface area contributed by atoms with Crippen LogP contribution in [0.25, 0.3) is 143 Å². The molecule has 3 heterocycles. The zero-order chi connectivity index (χ0) is 43.3. The molecule has 0 amide bonds. The predicted octanol–water partition coefficient (Wildman–Crippen LogP) is 16.6. The summed E-state index contributed by atoms with van der Waals surface area (Å²) in [4.78, 5) is 16.1. The SMILES string of the molecule is c1ccc2cc(-c3cc(-c4nc(-c5ccc6cc7c(cc6c5)oc5ccccc57)nc(-c5cc(-c6cccc7oc8ccccc8c67)c6ccccc6c5)n4)cc4ccccc34)ccc2c1. The molecule has 66 heavy (non-hydrogen) atoms. The normalized spacial score (nSPS) is 11.9. The van der Waals surface area contributed by atoms with Gasteiger partial charge in [-0.25, -0.2) is 15.0 Å². The summed E-state index contributed by atoms with van der Waals surface area (Å²) < 4.78 is 12.7. The second-order valence-corrected chi connectivity index (χ2v) is 17.1. The van der Waals surface area contributed by atoms with E-state index in [1.54, 1.807) is 0 Å². The second-order valence-electron chi connectivity index (χ2n) is 17.1. The van der Waals surface area contributed by atoms with Crippen LogP contribution in [0.3, 0.4) is 0 Å². The lowest BCUT2D eigenvalue weighted by molar-refractivity contribution is 0.669. The summed E-state index contributed by atoms with van der Waals surface area (Å²) in [6, 6.07) is 74.8.